The molecule has 1 heterocycles. The molecule has 0 amide bonds. The van der Waals surface area contributed by atoms with Crippen molar-refractivity contribution in [3.63, 3.8) is 0 Å². The van der Waals surface area contributed by atoms with Gasteiger partial charge in [-0.2, -0.15) is 0 Å². The van der Waals surface area contributed by atoms with Crippen LogP contribution in [0.2, 0.25) is 5.02 Å². The first-order chi connectivity index (χ1) is 11.6. The van der Waals surface area contributed by atoms with Gasteiger partial charge in [-0.25, -0.2) is 4.98 Å². The number of ether oxygens (including phenoxy) is 1. The standard InChI is InChI=1S/C18H16BrClN2O2/c19-15-11-13(20)7-8-17(15)24-10-4-3-9-22-12-21-16-6-2-1-5-14(16)18(22)23/h1-2,5-8,11-12H,3-4,9-10H2. The lowest BCUT2D eigenvalue weighted by Gasteiger charge is -2.09. The molecule has 0 spiro atoms. The molecule has 0 radical (unpaired) electrons. The number of unbranched alkanes of at least 4 members (excludes halogenated alkanes) is 1. The van der Waals surface area contributed by atoms with Crippen LogP contribution in [0.5, 0.6) is 5.75 Å². The summed E-state index contributed by atoms with van der Waals surface area (Å²) in [6, 6.07) is 12.8. The van der Waals surface area contributed by atoms with Crippen LogP contribution in [0.25, 0.3) is 10.9 Å². The summed E-state index contributed by atoms with van der Waals surface area (Å²) in [5, 5.41) is 1.32. The second kappa shape index (κ2) is 7.81. The third-order valence-corrected chi connectivity index (χ3v) is 4.53. The van der Waals surface area contributed by atoms with E-state index in [0.717, 1.165) is 28.6 Å². The van der Waals surface area contributed by atoms with E-state index in [4.69, 9.17) is 16.3 Å². The van der Waals surface area contributed by atoms with Crippen molar-refractivity contribution in [3.8, 4) is 5.75 Å². The number of nitrogens with zero attached hydrogens (tertiary/aromatic N) is 2. The summed E-state index contributed by atoms with van der Waals surface area (Å²) in [5.41, 5.74) is 0.733. The van der Waals surface area contributed by atoms with Gasteiger partial charge in [0.25, 0.3) is 5.56 Å². The van der Waals surface area contributed by atoms with Crippen LogP contribution in [0.4, 0.5) is 0 Å². The molecule has 24 heavy (non-hydrogen) atoms. The van der Waals surface area contributed by atoms with Gasteiger partial charge < -0.3 is 4.74 Å². The molecule has 0 saturated carbocycles. The van der Waals surface area contributed by atoms with E-state index in [1.807, 2.05) is 30.3 Å². The van der Waals surface area contributed by atoms with Gasteiger partial charge in [0.05, 0.1) is 28.3 Å². The maximum atomic E-state index is 12.4. The second-order valence-corrected chi connectivity index (χ2v) is 6.68. The zero-order chi connectivity index (χ0) is 16.9. The SMILES string of the molecule is O=c1c2ccccc2ncn1CCCCOc1ccc(Cl)cc1Br. The van der Waals surface area contributed by atoms with Crippen molar-refractivity contribution in [2.75, 3.05) is 6.61 Å². The Bertz CT molecular complexity index is 911. The summed E-state index contributed by atoms with van der Waals surface area (Å²) >= 11 is 9.32. The van der Waals surface area contributed by atoms with E-state index >= 15 is 0 Å². The molecule has 2 aromatic carbocycles. The van der Waals surface area contributed by atoms with Gasteiger partial charge in [-0.3, -0.25) is 9.36 Å². The number of hydrogen-bond donors (Lipinski definition) is 0. The highest BCUT2D eigenvalue weighted by atomic mass is 79.9. The molecule has 6 heteroatoms. The average molecular weight is 408 g/mol. The van der Waals surface area contributed by atoms with Crippen LogP contribution in [-0.2, 0) is 6.54 Å². The number of hydrogen-bond acceptors (Lipinski definition) is 3. The molecule has 3 rings (SSSR count). The first-order valence-electron chi connectivity index (χ1n) is 7.67. The van der Waals surface area contributed by atoms with Crippen LogP contribution in [0, 0.1) is 0 Å². The summed E-state index contributed by atoms with van der Waals surface area (Å²) in [6.45, 7) is 1.21. The molecule has 0 aliphatic heterocycles. The van der Waals surface area contributed by atoms with E-state index in [9.17, 15) is 4.79 Å². The van der Waals surface area contributed by atoms with Crippen molar-refractivity contribution in [2.24, 2.45) is 0 Å². The number of aromatic nitrogens is 2. The molecular weight excluding hydrogens is 392 g/mol. The Balaban J connectivity index is 1.53. The minimum absolute atomic E-state index is 0.00182. The quantitative estimate of drug-likeness (QED) is 0.558. The van der Waals surface area contributed by atoms with E-state index in [2.05, 4.69) is 20.9 Å². The molecule has 0 bridgehead atoms. The van der Waals surface area contributed by atoms with Crippen LogP contribution < -0.4 is 10.3 Å². The number of aryl methyl sites for hydroxylation is 1. The van der Waals surface area contributed by atoms with Crippen LogP contribution in [0.3, 0.4) is 0 Å². The first kappa shape index (κ1) is 17.0. The van der Waals surface area contributed by atoms with Gasteiger partial charge >= 0.3 is 0 Å². The molecule has 0 fully saturated rings. The van der Waals surface area contributed by atoms with E-state index in [-0.39, 0.29) is 5.56 Å². The third-order valence-electron chi connectivity index (χ3n) is 3.68. The van der Waals surface area contributed by atoms with Crippen LogP contribution in [0.1, 0.15) is 12.8 Å². The lowest BCUT2D eigenvalue weighted by atomic mass is 10.2. The fourth-order valence-electron chi connectivity index (χ4n) is 2.42. The van der Waals surface area contributed by atoms with Crippen LogP contribution in [0.15, 0.2) is 58.1 Å². The van der Waals surface area contributed by atoms with E-state index in [1.165, 1.54) is 0 Å². The molecule has 0 unspecified atom stereocenters. The number of para-hydroxylation sites is 1. The van der Waals surface area contributed by atoms with Crippen LogP contribution >= 0.6 is 27.5 Å². The first-order valence-corrected chi connectivity index (χ1v) is 8.84. The van der Waals surface area contributed by atoms with E-state index < -0.39 is 0 Å². The lowest BCUT2D eigenvalue weighted by molar-refractivity contribution is 0.301. The number of fused-ring (bicyclic) bond motifs is 1. The summed E-state index contributed by atoms with van der Waals surface area (Å²) in [6.07, 6.45) is 3.29. The Morgan fingerprint density at radius 1 is 1.17 bits per heavy atom. The maximum absolute atomic E-state index is 12.4. The Hall–Kier alpha value is -1.85. The highest BCUT2D eigenvalue weighted by molar-refractivity contribution is 9.10. The maximum Gasteiger partial charge on any atom is 0.261 e. The highest BCUT2D eigenvalue weighted by Crippen LogP contribution is 2.28. The number of rotatable bonds is 6. The van der Waals surface area contributed by atoms with Gasteiger partial charge in [-0.15, -0.1) is 0 Å². The normalized spacial score (nSPS) is 10.9. The van der Waals surface area contributed by atoms with E-state index in [1.54, 1.807) is 23.0 Å². The molecule has 124 valence electrons. The second-order valence-electron chi connectivity index (χ2n) is 5.39. The van der Waals surface area contributed by atoms with E-state index in [0.29, 0.717) is 23.6 Å². The fourth-order valence-corrected chi connectivity index (χ4v) is 3.22. The monoisotopic (exact) mass is 406 g/mol. The minimum Gasteiger partial charge on any atom is -0.492 e. The molecule has 0 aliphatic rings. The predicted octanol–water partition coefficient (Wildman–Crippen LogP) is 4.67. The Morgan fingerprint density at radius 3 is 2.83 bits per heavy atom. The zero-order valence-corrected chi connectivity index (χ0v) is 15.3. The van der Waals surface area contributed by atoms with Gasteiger partial charge in [0, 0.05) is 11.6 Å². The van der Waals surface area contributed by atoms with Gasteiger partial charge in [-0.05, 0) is 59.1 Å². The summed E-state index contributed by atoms with van der Waals surface area (Å²) in [5.74, 6) is 0.768. The van der Waals surface area contributed by atoms with Gasteiger partial charge in [0.2, 0.25) is 0 Å². The molecule has 0 saturated heterocycles. The van der Waals surface area contributed by atoms with Crippen molar-refractivity contribution in [2.45, 2.75) is 19.4 Å². The van der Waals surface area contributed by atoms with Gasteiger partial charge in [-0.1, -0.05) is 23.7 Å². The topological polar surface area (TPSA) is 44.1 Å². The average Bonchev–Trinajstić information content (AvgIpc) is 2.58. The largest absolute Gasteiger partial charge is 0.492 e. The Kier molecular flexibility index (Phi) is 5.53. The smallest absolute Gasteiger partial charge is 0.261 e. The molecule has 1 aromatic heterocycles. The Morgan fingerprint density at radius 2 is 2.00 bits per heavy atom. The summed E-state index contributed by atoms with van der Waals surface area (Å²) in [4.78, 5) is 16.7. The van der Waals surface area contributed by atoms with Crippen molar-refractivity contribution < 1.29 is 4.74 Å². The Labute approximate surface area is 153 Å². The molecule has 4 nitrogen and oxygen atoms in total. The third kappa shape index (κ3) is 3.97. The zero-order valence-electron chi connectivity index (χ0n) is 12.9. The molecule has 0 atom stereocenters. The highest BCUT2D eigenvalue weighted by Gasteiger charge is 2.04. The number of halogens is 2. The fraction of sp³-hybridized carbons (Fsp3) is 0.222. The predicted molar refractivity (Wildman–Crippen MR) is 99.9 cm³/mol. The van der Waals surface area contributed by atoms with Gasteiger partial charge in [0.1, 0.15) is 5.75 Å². The number of benzene rings is 2. The lowest BCUT2D eigenvalue weighted by Crippen LogP contribution is -2.20. The molecule has 3 aromatic rings. The van der Waals surface area contributed by atoms with Crippen molar-refractivity contribution >= 4 is 38.4 Å². The van der Waals surface area contributed by atoms with Crippen molar-refractivity contribution in [3.05, 3.63) is 68.6 Å². The van der Waals surface area contributed by atoms with Gasteiger partial charge in [0.15, 0.2) is 0 Å². The summed E-state index contributed by atoms with van der Waals surface area (Å²) < 4.78 is 8.21. The molecule has 0 N–H and O–H groups in total. The van der Waals surface area contributed by atoms with Crippen molar-refractivity contribution in [1.82, 2.24) is 9.55 Å². The minimum atomic E-state index is 0.00182. The van der Waals surface area contributed by atoms with Crippen LogP contribution in [-0.4, -0.2) is 16.2 Å². The molecule has 0 aliphatic carbocycles. The molecular formula is C18H16BrClN2O2. The van der Waals surface area contributed by atoms with Crippen molar-refractivity contribution in [1.29, 1.82) is 0 Å². The summed E-state index contributed by atoms with van der Waals surface area (Å²) in [7, 11) is 0.